The van der Waals surface area contributed by atoms with Gasteiger partial charge in [-0.25, -0.2) is 0 Å². The molecule has 0 unspecified atom stereocenters. The van der Waals surface area contributed by atoms with Gasteiger partial charge in [-0.1, -0.05) is 0 Å². The van der Waals surface area contributed by atoms with Crippen LogP contribution < -0.4 is 0 Å². The van der Waals surface area contributed by atoms with Gasteiger partial charge in [0, 0.05) is 17.5 Å². The summed E-state index contributed by atoms with van der Waals surface area (Å²) in [7, 11) is 0. The number of hydrogen-bond acceptors (Lipinski definition) is 4. The molecule has 5 fully saturated rings. The van der Waals surface area contributed by atoms with Crippen molar-refractivity contribution < 1.29 is 14.5 Å². The van der Waals surface area contributed by atoms with E-state index >= 15 is 0 Å². The fourth-order valence-corrected chi connectivity index (χ4v) is 6.07. The van der Waals surface area contributed by atoms with Crippen LogP contribution in [-0.2, 0) is 9.53 Å². The van der Waals surface area contributed by atoms with Gasteiger partial charge in [0.05, 0.1) is 4.92 Å². The van der Waals surface area contributed by atoms with E-state index in [2.05, 4.69) is 0 Å². The molecule has 1 aromatic carbocycles. The third-order valence-electron chi connectivity index (χ3n) is 6.74. The number of ketones is 1. The maximum Gasteiger partial charge on any atom is 0.269 e. The number of Topliss-reactive ketones (excluding diaryl/α,β-unsaturated/α-hetero) is 1. The fourth-order valence-electron chi connectivity index (χ4n) is 6.07. The molecule has 1 aromatic rings. The second-order valence-electron chi connectivity index (χ2n) is 8.39. The molecule has 1 aliphatic heterocycles. The predicted molar refractivity (Wildman–Crippen MR) is 86.3 cm³/mol. The van der Waals surface area contributed by atoms with Gasteiger partial charge in [0.15, 0.2) is 5.78 Å². The highest BCUT2D eigenvalue weighted by Gasteiger charge is 2.60. The van der Waals surface area contributed by atoms with Crippen LogP contribution in [0, 0.1) is 33.3 Å². The first-order valence-corrected chi connectivity index (χ1v) is 8.98. The van der Waals surface area contributed by atoms with Crippen molar-refractivity contribution >= 4 is 11.5 Å². The van der Waals surface area contributed by atoms with E-state index in [9.17, 15) is 14.9 Å². The Kier molecular flexibility index (Phi) is 2.97. The minimum atomic E-state index is -0.407. The number of rotatable bonds is 4. The van der Waals surface area contributed by atoms with E-state index in [1.54, 1.807) is 12.1 Å². The number of hydrogen-bond donors (Lipinski definition) is 0. The minimum absolute atomic E-state index is 0.0726. The number of carbonyl (C=O) groups is 1. The minimum Gasteiger partial charge on any atom is -0.356 e. The molecule has 0 aromatic heterocycles. The SMILES string of the molecule is O=C([C@@H]1O[C@H]1c1ccc([N+](=O)[O-])cc1)C12CC3CC(CC(C3)C1)C2. The summed E-state index contributed by atoms with van der Waals surface area (Å²) in [5, 5.41) is 10.8. The van der Waals surface area contributed by atoms with Gasteiger partial charge in [-0.2, -0.15) is 0 Å². The molecule has 1 heterocycles. The second-order valence-corrected chi connectivity index (χ2v) is 8.39. The Morgan fingerprint density at radius 3 is 2.08 bits per heavy atom. The summed E-state index contributed by atoms with van der Waals surface area (Å²) < 4.78 is 5.74. The van der Waals surface area contributed by atoms with E-state index in [1.165, 1.54) is 31.4 Å². The molecule has 4 bridgehead atoms. The largest absolute Gasteiger partial charge is 0.356 e. The van der Waals surface area contributed by atoms with Gasteiger partial charge in [0.25, 0.3) is 5.69 Å². The molecule has 5 heteroatoms. The molecule has 0 amide bonds. The zero-order valence-corrected chi connectivity index (χ0v) is 13.5. The normalized spacial score (nSPS) is 42.1. The van der Waals surface area contributed by atoms with Crippen molar-refractivity contribution in [2.24, 2.45) is 23.2 Å². The summed E-state index contributed by atoms with van der Waals surface area (Å²) in [6, 6.07) is 6.41. The molecule has 4 saturated carbocycles. The van der Waals surface area contributed by atoms with Crippen LogP contribution in [0.4, 0.5) is 5.69 Å². The van der Waals surface area contributed by atoms with Crippen molar-refractivity contribution in [2.45, 2.75) is 50.7 Å². The van der Waals surface area contributed by atoms with Crippen molar-refractivity contribution in [2.75, 3.05) is 0 Å². The second kappa shape index (κ2) is 4.88. The van der Waals surface area contributed by atoms with Crippen LogP contribution in [0.3, 0.4) is 0 Å². The number of carbonyl (C=O) groups excluding carboxylic acids is 1. The van der Waals surface area contributed by atoms with E-state index in [4.69, 9.17) is 4.74 Å². The number of nitro benzene ring substituents is 1. The van der Waals surface area contributed by atoms with Crippen molar-refractivity contribution in [3.63, 3.8) is 0 Å². The smallest absolute Gasteiger partial charge is 0.269 e. The van der Waals surface area contributed by atoms with Gasteiger partial charge in [0.2, 0.25) is 0 Å². The summed E-state index contributed by atoms with van der Waals surface area (Å²) in [6.07, 6.45) is 6.62. The van der Waals surface area contributed by atoms with Gasteiger partial charge < -0.3 is 4.74 Å². The van der Waals surface area contributed by atoms with E-state index in [0.29, 0.717) is 5.78 Å². The van der Waals surface area contributed by atoms with Crippen molar-refractivity contribution in [3.8, 4) is 0 Å². The molecule has 0 radical (unpaired) electrons. The Bertz CT molecular complexity index is 675. The highest BCUT2D eigenvalue weighted by atomic mass is 16.6. The van der Waals surface area contributed by atoms with Gasteiger partial charge in [0.1, 0.15) is 12.2 Å². The first-order chi connectivity index (χ1) is 11.5. The van der Waals surface area contributed by atoms with Crippen LogP contribution >= 0.6 is 0 Å². The lowest BCUT2D eigenvalue weighted by Gasteiger charge is -2.55. The van der Waals surface area contributed by atoms with E-state index in [1.807, 2.05) is 0 Å². The summed E-state index contributed by atoms with van der Waals surface area (Å²) in [5.74, 6) is 2.55. The van der Waals surface area contributed by atoms with E-state index < -0.39 is 4.92 Å². The first-order valence-electron chi connectivity index (χ1n) is 8.98. The van der Waals surface area contributed by atoms with Crippen LogP contribution in [0.15, 0.2) is 24.3 Å². The highest BCUT2D eigenvalue weighted by molar-refractivity contribution is 5.92. The Balaban J connectivity index is 1.33. The molecule has 0 spiro atoms. The van der Waals surface area contributed by atoms with Crippen molar-refractivity contribution in [1.29, 1.82) is 0 Å². The van der Waals surface area contributed by atoms with E-state index in [0.717, 1.165) is 42.6 Å². The Labute approximate surface area is 140 Å². The Hall–Kier alpha value is -1.75. The third kappa shape index (κ3) is 2.14. The molecule has 126 valence electrons. The fraction of sp³-hybridized carbons (Fsp3) is 0.632. The summed E-state index contributed by atoms with van der Waals surface area (Å²) in [5.41, 5.74) is 0.821. The maximum absolute atomic E-state index is 13.2. The Morgan fingerprint density at radius 2 is 1.58 bits per heavy atom. The van der Waals surface area contributed by atoms with Gasteiger partial charge in [-0.05, 0) is 74.0 Å². The molecule has 6 rings (SSSR count). The zero-order valence-electron chi connectivity index (χ0n) is 13.5. The number of nitro groups is 1. The maximum atomic E-state index is 13.2. The monoisotopic (exact) mass is 327 g/mol. The lowest BCUT2D eigenvalue weighted by atomic mass is 9.48. The highest BCUT2D eigenvalue weighted by Crippen LogP contribution is 2.62. The summed E-state index contributed by atoms with van der Waals surface area (Å²) in [4.78, 5) is 23.5. The molecule has 5 aliphatic rings. The van der Waals surface area contributed by atoms with Crippen LogP contribution in [0.1, 0.15) is 50.2 Å². The average molecular weight is 327 g/mol. The molecule has 0 N–H and O–H groups in total. The van der Waals surface area contributed by atoms with Crippen LogP contribution in [0.25, 0.3) is 0 Å². The van der Waals surface area contributed by atoms with Crippen molar-refractivity contribution in [3.05, 3.63) is 39.9 Å². The number of epoxide rings is 1. The summed E-state index contributed by atoms with van der Waals surface area (Å²) >= 11 is 0. The molecule has 2 atom stereocenters. The molecule has 1 saturated heterocycles. The molecule has 5 nitrogen and oxygen atoms in total. The number of non-ortho nitro benzene ring substituents is 1. The quantitative estimate of drug-likeness (QED) is 0.479. The molecule has 4 aliphatic carbocycles. The lowest BCUT2D eigenvalue weighted by Crippen LogP contribution is -2.51. The van der Waals surface area contributed by atoms with Gasteiger partial charge in [-0.3, -0.25) is 14.9 Å². The van der Waals surface area contributed by atoms with Crippen LogP contribution in [0.2, 0.25) is 0 Å². The number of benzene rings is 1. The Morgan fingerprint density at radius 1 is 1.04 bits per heavy atom. The molecular weight excluding hydrogens is 306 g/mol. The average Bonchev–Trinajstić information content (AvgIpc) is 3.33. The predicted octanol–water partition coefficient (Wildman–Crippen LogP) is 3.82. The standard InChI is InChI=1S/C19H21NO4/c21-18(19-8-11-5-12(9-19)7-13(6-11)10-19)17-16(24-17)14-1-3-15(4-2-14)20(22)23/h1-4,11-13,16-17H,5-10H2/t11?,12?,13?,16-,17+,19?/m0/s1. The third-order valence-corrected chi connectivity index (χ3v) is 6.74. The zero-order chi connectivity index (χ0) is 16.5. The molecule has 24 heavy (non-hydrogen) atoms. The van der Waals surface area contributed by atoms with Crippen LogP contribution in [-0.4, -0.2) is 16.8 Å². The first kappa shape index (κ1) is 14.6. The lowest BCUT2D eigenvalue weighted by molar-refractivity contribution is -0.384. The summed E-state index contributed by atoms with van der Waals surface area (Å²) in [6.45, 7) is 0. The number of nitrogens with zero attached hydrogens (tertiary/aromatic N) is 1. The van der Waals surface area contributed by atoms with Gasteiger partial charge in [-0.15, -0.1) is 0 Å². The van der Waals surface area contributed by atoms with E-state index in [-0.39, 0.29) is 23.3 Å². The molecular formula is C19H21NO4. The van der Waals surface area contributed by atoms with Crippen LogP contribution in [0.5, 0.6) is 0 Å². The van der Waals surface area contributed by atoms with Crippen molar-refractivity contribution in [1.82, 2.24) is 0 Å². The number of ether oxygens (including phenoxy) is 1. The topological polar surface area (TPSA) is 72.7 Å². The van der Waals surface area contributed by atoms with Gasteiger partial charge >= 0.3 is 0 Å².